The molecule has 0 atom stereocenters. The maximum Gasteiger partial charge on any atom is 0.128 e. The van der Waals surface area contributed by atoms with E-state index in [9.17, 15) is 0 Å². The van der Waals surface area contributed by atoms with Gasteiger partial charge in [0.05, 0.1) is 0 Å². The van der Waals surface area contributed by atoms with Crippen LogP contribution in [0.15, 0.2) is 48.7 Å². The number of aryl methyl sites for hydroxylation is 1. The molecule has 2 rings (SSSR count). The summed E-state index contributed by atoms with van der Waals surface area (Å²) in [5.41, 5.74) is 2.77. The van der Waals surface area contributed by atoms with Crippen LogP contribution in [0.2, 0.25) is 0 Å². The zero-order chi connectivity index (χ0) is 11.4. The van der Waals surface area contributed by atoms with E-state index in [-0.39, 0.29) is 0 Å². The Balaban J connectivity index is 2.31. The second kappa shape index (κ2) is 4.62. The van der Waals surface area contributed by atoms with Crippen molar-refractivity contribution < 1.29 is 0 Å². The van der Waals surface area contributed by atoms with Gasteiger partial charge in [-0.25, -0.2) is 0 Å². The number of hydrogen-bond donors (Lipinski definition) is 1. The molecule has 1 aromatic carbocycles. The van der Waals surface area contributed by atoms with Crippen LogP contribution in [-0.4, -0.2) is 4.57 Å². The Bertz CT molecular complexity index is 550. The number of pyridine rings is 1. The maximum atomic E-state index is 7.74. The SMILES string of the molecule is Cc1ccc(=N)n(/C=C/c2ccccc2)c1. The molecule has 0 aliphatic carbocycles. The Hall–Kier alpha value is -2.09. The van der Waals surface area contributed by atoms with E-state index in [4.69, 9.17) is 5.41 Å². The van der Waals surface area contributed by atoms with Gasteiger partial charge in [0, 0.05) is 12.4 Å². The van der Waals surface area contributed by atoms with Gasteiger partial charge in [0.15, 0.2) is 0 Å². The molecule has 0 aliphatic heterocycles. The van der Waals surface area contributed by atoms with Crippen LogP contribution in [0, 0.1) is 12.3 Å². The monoisotopic (exact) mass is 210 g/mol. The van der Waals surface area contributed by atoms with Crippen LogP contribution in [0.1, 0.15) is 11.1 Å². The Morgan fingerprint density at radius 1 is 1.06 bits per heavy atom. The smallest absolute Gasteiger partial charge is 0.128 e. The molecule has 2 nitrogen and oxygen atoms in total. The largest absolute Gasteiger partial charge is 0.309 e. The third kappa shape index (κ3) is 2.48. The molecule has 0 bridgehead atoms. The van der Waals surface area contributed by atoms with Crippen LogP contribution >= 0.6 is 0 Å². The van der Waals surface area contributed by atoms with Crippen molar-refractivity contribution in [3.8, 4) is 0 Å². The van der Waals surface area contributed by atoms with Crippen LogP contribution < -0.4 is 5.49 Å². The van der Waals surface area contributed by atoms with Crippen molar-refractivity contribution in [1.82, 2.24) is 4.57 Å². The Morgan fingerprint density at radius 3 is 2.56 bits per heavy atom. The third-order valence-corrected chi connectivity index (χ3v) is 2.35. The lowest BCUT2D eigenvalue weighted by Crippen LogP contribution is -2.13. The molecule has 0 saturated heterocycles. The van der Waals surface area contributed by atoms with E-state index in [1.165, 1.54) is 0 Å². The van der Waals surface area contributed by atoms with Gasteiger partial charge in [0.25, 0.3) is 0 Å². The van der Waals surface area contributed by atoms with Crippen LogP contribution in [0.4, 0.5) is 0 Å². The lowest BCUT2D eigenvalue weighted by molar-refractivity contribution is 0.965. The van der Waals surface area contributed by atoms with Crippen molar-refractivity contribution in [1.29, 1.82) is 5.41 Å². The summed E-state index contributed by atoms with van der Waals surface area (Å²) in [7, 11) is 0. The van der Waals surface area contributed by atoms with Crippen LogP contribution in [0.25, 0.3) is 12.3 Å². The quantitative estimate of drug-likeness (QED) is 0.789. The summed E-state index contributed by atoms with van der Waals surface area (Å²) in [6.07, 6.45) is 5.85. The summed E-state index contributed by atoms with van der Waals surface area (Å²) in [6.45, 7) is 2.02. The van der Waals surface area contributed by atoms with Gasteiger partial charge in [-0.3, -0.25) is 5.41 Å². The van der Waals surface area contributed by atoms with Crippen molar-refractivity contribution in [2.45, 2.75) is 6.92 Å². The second-order valence-electron chi connectivity index (χ2n) is 3.73. The van der Waals surface area contributed by atoms with Gasteiger partial charge in [-0.15, -0.1) is 0 Å². The summed E-state index contributed by atoms with van der Waals surface area (Å²) < 4.78 is 1.81. The molecule has 2 heteroatoms. The van der Waals surface area contributed by atoms with Crippen molar-refractivity contribution in [3.05, 3.63) is 65.3 Å². The zero-order valence-electron chi connectivity index (χ0n) is 9.22. The van der Waals surface area contributed by atoms with Crippen molar-refractivity contribution in [2.24, 2.45) is 0 Å². The number of nitrogens with one attached hydrogen (secondary N) is 1. The summed E-state index contributed by atoms with van der Waals surface area (Å²) in [6, 6.07) is 13.8. The van der Waals surface area contributed by atoms with Gasteiger partial charge in [0.2, 0.25) is 0 Å². The Labute approximate surface area is 95.0 Å². The number of hydrogen-bond acceptors (Lipinski definition) is 1. The molecule has 16 heavy (non-hydrogen) atoms. The third-order valence-electron chi connectivity index (χ3n) is 2.35. The molecule has 80 valence electrons. The fraction of sp³-hybridized carbons (Fsp3) is 0.0714. The first-order valence-corrected chi connectivity index (χ1v) is 5.22. The van der Waals surface area contributed by atoms with E-state index in [2.05, 4.69) is 0 Å². The van der Waals surface area contributed by atoms with Crippen molar-refractivity contribution >= 4 is 12.3 Å². The van der Waals surface area contributed by atoms with Crippen molar-refractivity contribution in [2.75, 3.05) is 0 Å². The van der Waals surface area contributed by atoms with Gasteiger partial charge < -0.3 is 4.57 Å². The summed E-state index contributed by atoms with van der Waals surface area (Å²) in [5, 5.41) is 7.74. The molecule has 1 N–H and O–H groups in total. The summed E-state index contributed by atoms with van der Waals surface area (Å²) >= 11 is 0. The first-order valence-electron chi connectivity index (χ1n) is 5.22. The molecular weight excluding hydrogens is 196 g/mol. The average molecular weight is 210 g/mol. The molecule has 0 spiro atoms. The molecule has 1 aromatic heterocycles. The lowest BCUT2D eigenvalue weighted by atomic mass is 10.2. The highest BCUT2D eigenvalue weighted by molar-refractivity contribution is 5.60. The van der Waals surface area contributed by atoms with E-state index >= 15 is 0 Å². The predicted molar refractivity (Wildman–Crippen MR) is 66.7 cm³/mol. The minimum Gasteiger partial charge on any atom is -0.309 e. The number of rotatable bonds is 2. The van der Waals surface area contributed by atoms with E-state index < -0.39 is 0 Å². The first kappa shape index (κ1) is 10.4. The Morgan fingerprint density at radius 2 is 1.81 bits per heavy atom. The minimum atomic E-state index is 0.484. The topological polar surface area (TPSA) is 28.8 Å². The molecule has 0 amide bonds. The van der Waals surface area contributed by atoms with E-state index in [0.717, 1.165) is 11.1 Å². The van der Waals surface area contributed by atoms with Gasteiger partial charge in [0.1, 0.15) is 5.49 Å². The molecule has 0 radical (unpaired) electrons. The summed E-state index contributed by atoms with van der Waals surface area (Å²) in [4.78, 5) is 0. The van der Waals surface area contributed by atoms with Gasteiger partial charge in [-0.05, 0) is 30.2 Å². The molecule has 0 unspecified atom stereocenters. The molecule has 0 fully saturated rings. The molecule has 1 heterocycles. The molecular formula is C14H14N2. The zero-order valence-corrected chi connectivity index (χ0v) is 9.22. The summed E-state index contributed by atoms with van der Waals surface area (Å²) in [5.74, 6) is 0. The van der Waals surface area contributed by atoms with Gasteiger partial charge in [-0.2, -0.15) is 0 Å². The highest BCUT2D eigenvalue weighted by Crippen LogP contribution is 2.02. The fourth-order valence-electron chi connectivity index (χ4n) is 1.48. The maximum absolute atomic E-state index is 7.74. The van der Waals surface area contributed by atoms with Crippen LogP contribution in [0.3, 0.4) is 0 Å². The molecule has 0 aliphatic rings. The van der Waals surface area contributed by atoms with E-state index in [1.54, 1.807) is 6.07 Å². The minimum absolute atomic E-state index is 0.484. The van der Waals surface area contributed by atoms with E-state index in [0.29, 0.717) is 5.49 Å². The number of nitrogens with zero attached hydrogens (tertiary/aromatic N) is 1. The number of aromatic nitrogens is 1. The Kier molecular flexibility index (Phi) is 3.01. The highest BCUT2D eigenvalue weighted by atomic mass is 14.9. The average Bonchev–Trinajstić information content (AvgIpc) is 2.32. The molecule has 2 aromatic rings. The van der Waals surface area contributed by atoms with Gasteiger partial charge >= 0.3 is 0 Å². The number of benzene rings is 1. The van der Waals surface area contributed by atoms with Crippen LogP contribution in [-0.2, 0) is 0 Å². The predicted octanol–water partition coefficient (Wildman–Crippen LogP) is 2.90. The first-order chi connectivity index (χ1) is 7.75. The normalized spacial score (nSPS) is 10.8. The fourth-order valence-corrected chi connectivity index (χ4v) is 1.48. The highest BCUT2D eigenvalue weighted by Gasteiger charge is 1.88. The van der Waals surface area contributed by atoms with Crippen LogP contribution in [0.5, 0.6) is 0 Å². The lowest BCUT2D eigenvalue weighted by Gasteiger charge is -2.01. The van der Waals surface area contributed by atoms with Gasteiger partial charge in [-0.1, -0.05) is 36.4 Å². The molecule has 0 saturated carbocycles. The van der Waals surface area contributed by atoms with Crippen molar-refractivity contribution in [3.63, 3.8) is 0 Å². The standard InChI is InChI=1S/C14H14N2/c1-12-7-8-14(15)16(11-12)10-9-13-5-3-2-4-6-13/h2-11,15H,1H3/b10-9+,15-14?. The van der Waals surface area contributed by atoms with E-state index in [1.807, 2.05) is 66.4 Å². The second-order valence-corrected chi connectivity index (χ2v) is 3.73.